The summed E-state index contributed by atoms with van der Waals surface area (Å²) in [6, 6.07) is 13.5. The minimum Gasteiger partial charge on any atom is -0.390 e. The van der Waals surface area contributed by atoms with Crippen molar-refractivity contribution in [1.82, 2.24) is 14.1 Å². The second-order valence-electron chi connectivity index (χ2n) is 11.0. The third-order valence-corrected chi connectivity index (χ3v) is 10.3. The summed E-state index contributed by atoms with van der Waals surface area (Å²) >= 11 is 0. The van der Waals surface area contributed by atoms with Gasteiger partial charge in [-0.3, -0.25) is 4.79 Å². The van der Waals surface area contributed by atoms with Gasteiger partial charge in [0, 0.05) is 35.8 Å². The van der Waals surface area contributed by atoms with Gasteiger partial charge in [0.05, 0.1) is 12.1 Å². The van der Waals surface area contributed by atoms with Gasteiger partial charge < -0.3 is 5.11 Å². The molecule has 2 heterocycles. The number of benzene rings is 2. The first kappa shape index (κ1) is 26.6. The zero-order valence-electron chi connectivity index (χ0n) is 21.3. The van der Waals surface area contributed by atoms with Gasteiger partial charge >= 0.3 is 0 Å². The van der Waals surface area contributed by atoms with Crippen molar-refractivity contribution in [2.24, 2.45) is 0 Å². The molecule has 0 unspecified atom stereocenters. The summed E-state index contributed by atoms with van der Waals surface area (Å²) in [6.45, 7) is 3.08. The van der Waals surface area contributed by atoms with E-state index < -0.39 is 37.9 Å². The van der Waals surface area contributed by atoms with Gasteiger partial charge in [0.2, 0.25) is 10.0 Å². The molecule has 0 bridgehead atoms. The molecule has 0 spiro atoms. The van der Waals surface area contributed by atoms with Crippen molar-refractivity contribution in [1.29, 1.82) is 0 Å². The van der Waals surface area contributed by atoms with E-state index in [1.165, 1.54) is 27.3 Å². The first-order valence-electron chi connectivity index (χ1n) is 12.7. The highest BCUT2D eigenvalue weighted by molar-refractivity contribution is 7.89. The molecule has 5 rings (SSSR count). The minimum atomic E-state index is -3.82. The molecular weight excluding hydrogens is 512 g/mol. The fraction of sp³-hybridized carbons (Fsp3) is 0.429. The van der Waals surface area contributed by atoms with Gasteiger partial charge in [0.15, 0.2) is 0 Å². The fourth-order valence-corrected chi connectivity index (χ4v) is 8.41. The lowest BCUT2D eigenvalue weighted by Gasteiger charge is -2.52. The third-order valence-electron chi connectivity index (χ3n) is 7.91. The second-order valence-corrected chi connectivity index (χ2v) is 13.1. The molecule has 1 saturated carbocycles. The van der Waals surface area contributed by atoms with Crippen molar-refractivity contribution >= 4 is 10.0 Å². The number of hydrogen-bond donors (Lipinski definition) is 1. The van der Waals surface area contributed by atoms with Crippen LogP contribution in [0, 0.1) is 11.6 Å². The van der Waals surface area contributed by atoms with E-state index in [1.54, 1.807) is 38.1 Å². The monoisotopic (exact) mass is 543 g/mol. The molecule has 2 atom stereocenters. The molecule has 3 aromatic rings. The van der Waals surface area contributed by atoms with Crippen LogP contribution in [0.1, 0.15) is 61.5 Å². The molecule has 38 heavy (non-hydrogen) atoms. The number of sulfonamides is 1. The van der Waals surface area contributed by atoms with Crippen LogP contribution in [0.25, 0.3) is 0 Å². The van der Waals surface area contributed by atoms with Gasteiger partial charge in [-0.1, -0.05) is 30.3 Å². The van der Waals surface area contributed by atoms with Gasteiger partial charge in [0.1, 0.15) is 16.9 Å². The Morgan fingerprint density at radius 2 is 1.76 bits per heavy atom. The van der Waals surface area contributed by atoms with Crippen LogP contribution in [0.5, 0.6) is 0 Å². The van der Waals surface area contributed by atoms with Gasteiger partial charge in [0.25, 0.3) is 5.56 Å². The lowest BCUT2D eigenvalue weighted by molar-refractivity contribution is -0.0846. The zero-order chi connectivity index (χ0) is 27.3. The van der Waals surface area contributed by atoms with Crippen molar-refractivity contribution in [3.8, 4) is 0 Å². The normalized spacial score (nSPS) is 29.1. The summed E-state index contributed by atoms with van der Waals surface area (Å²) in [5.41, 5.74) is -1.85. The summed E-state index contributed by atoms with van der Waals surface area (Å²) in [5, 5.41) is 13.8. The smallest absolute Gasteiger partial charge is 0.266 e. The molecule has 2 fully saturated rings. The van der Waals surface area contributed by atoms with Crippen LogP contribution in [0.15, 0.2) is 65.6 Å². The maximum Gasteiger partial charge on any atom is 0.266 e. The summed E-state index contributed by atoms with van der Waals surface area (Å²) in [7, 11) is -3.82. The number of halogens is 2. The fourth-order valence-electron chi connectivity index (χ4n) is 6.22. The van der Waals surface area contributed by atoms with Crippen LogP contribution in [0.4, 0.5) is 8.78 Å². The molecule has 7 nitrogen and oxygen atoms in total. The summed E-state index contributed by atoms with van der Waals surface area (Å²) in [4.78, 5) is 12.3. The molecule has 0 radical (unpaired) electrons. The summed E-state index contributed by atoms with van der Waals surface area (Å²) in [5.74, 6) is -1.44. The molecule has 1 aliphatic carbocycles. The maximum absolute atomic E-state index is 15.7. The first-order valence-corrected chi connectivity index (χ1v) is 14.2. The Labute approximate surface area is 220 Å². The molecular formula is C28H31F2N3O4S. The molecule has 202 valence electrons. The lowest BCUT2D eigenvalue weighted by atomic mass is 9.56. The van der Waals surface area contributed by atoms with Gasteiger partial charge in [-0.05, 0) is 68.9 Å². The Kier molecular flexibility index (Phi) is 6.77. The topological polar surface area (TPSA) is 92.5 Å². The average Bonchev–Trinajstić information content (AvgIpc) is 2.84. The largest absolute Gasteiger partial charge is 0.390 e. The first-order chi connectivity index (χ1) is 17.9. The third kappa shape index (κ3) is 4.81. The molecule has 1 saturated heterocycles. The van der Waals surface area contributed by atoms with E-state index in [2.05, 4.69) is 5.10 Å². The van der Waals surface area contributed by atoms with E-state index in [-0.39, 0.29) is 48.7 Å². The summed E-state index contributed by atoms with van der Waals surface area (Å²) in [6.07, 6.45) is 2.73. The predicted octanol–water partition coefficient (Wildman–Crippen LogP) is 4.06. The Morgan fingerprint density at radius 1 is 1.05 bits per heavy atom. The highest BCUT2D eigenvalue weighted by Gasteiger charge is 2.54. The van der Waals surface area contributed by atoms with E-state index in [4.69, 9.17) is 0 Å². The number of aliphatic hydroxyl groups is 1. The number of aromatic nitrogens is 2. The van der Waals surface area contributed by atoms with Crippen molar-refractivity contribution in [2.45, 2.75) is 74.9 Å². The molecule has 2 aromatic carbocycles. The Balaban J connectivity index is 1.47. The van der Waals surface area contributed by atoms with E-state index >= 15 is 8.78 Å². The van der Waals surface area contributed by atoms with Crippen LogP contribution >= 0.6 is 0 Å². The van der Waals surface area contributed by atoms with Crippen LogP contribution in [-0.2, 0) is 28.5 Å². The molecule has 1 N–H and O–H groups in total. The molecule has 1 aliphatic heterocycles. The number of nitrogens with zero attached hydrogens (tertiary/aromatic N) is 3. The van der Waals surface area contributed by atoms with Gasteiger partial charge in [-0.15, -0.1) is 0 Å². The van der Waals surface area contributed by atoms with Gasteiger partial charge in [-0.25, -0.2) is 21.9 Å². The van der Waals surface area contributed by atoms with E-state index in [0.717, 1.165) is 12.1 Å². The number of rotatable bonds is 6. The van der Waals surface area contributed by atoms with Crippen LogP contribution < -0.4 is 5.56 Å². The molecule has 0 amide bonds. The quantitative estimate of drug-likeness (QED) is 0.506. The minimum absolute atomic E-state index is 0.0190. The number of hydrogen-bond acceptors (Lipinski definition) is 5. The Bertz CT molecular complexity index is 1500. The van der Waals surface area contributed by atoms with E-state index in [1.807, 2.05) is 6.07 Å². The highest BCUT2D eigenvalue weighted by atomic mass is 32.2. The SMILES string of the molecule is C[C@H]1CC[C@H](c2ccccc2)S(=O)(=O)N1Cc1cc(F)c(C2(Cn3ncccc3=O)CC(C)(O)C2)cc1F. The predicted molar refractivity (Wildman–Crippen MR) is 139 cm³/mol. The van der Waals surface area contributed by atoms with E-state index in [0.29, 0.717) is 18.4 Å². The molecule has 10 heteroatoms. The Hall–Kier alpha value is -2.95. The van der Waals surface area contributed by atoms with Gasteiger partial charge in [-0.2, -0.15) is 9.40 Å². The van der Waals surface area contributed by atoms with Crippen LogP contribution in [0.2, 0.25) is 0 Å². The van der Waals surface area contributed by atoms with Crippen molar-refractivity contribution in [2.75, 3.05) is 0 Å². The van der Waals surface area contributed by atoms with Crippen LogP contribution in [0.3, 0.4) is 0 Å². The summed E-state index contributed by atoms with van der Waals surface area (Å²) < 4.78 is 60.8. The maximum atomic E-state index is 15.7. The Morgan fingerprint density at radius 3 is 2.42 bits per heavy atom. The highest BCUT2D eigenvalue weighted by Crippen LogP contribution is 2.52. The van der Waals surface area contributed by atoms with Crippen molar-refractivity contribution in [3.63, 3.8) is 0 Å². The molecule has 2 aliphatic rings. The van der Waals surface area contributed by atoms with Crippen LogP contribution in [-0.4, -0.2) is 39.3 Å². The van der Waals surface area contributed by atoms with Crippen molar-refractivity contribution < 1.29 is 22.3 Å². The molecule has 1 aromatic heterocycles. The van der Waals surface area contributed by atoms with Crippen molar-refractivity contribution in [3.05, 3.63) is 99.5 Å². The van der Waals surface area contributed by atoms with E-state index in [9.17, 15) is 18.3 Å². The average molecular weight is 544 g/mol. The lowest BCUT2D eigenvalue weighted by Crippen LogP contribution is -2.56. The zero-order valence-corrected chi connectivity index (χ0v) is 22.2. The second kappa shape index (κ2) is 9.66. The standard InChI is InChI=1S/C28H31F2N3O4S/c1-19-10-11-25(20-7-4-3-5-8-20)38(36,37)33(19)15-21-13-24(30)22(14-23(21)29)28(16-27(2,35)17-28)18-32-26(34)9-6-12-31-32/h3-9,12-14,19,25,35H,10-11,15-18H2,1-2H3/t19-,25+,27?,28?/m0/s1.